The van der Waals surface area contributed by atoms with Crippen molar-refractivity contribution in [3.63, 3.8) is 0 Å². The third-order valence-electron chi connectivity index (χ3n) is 2.56. The van der Waals surface area contributed by atoms with Crippen LogP contribution in [0.15, 0.2) is 23.1 Å². The van der Waals surface area contributed by atoms with Crippen molar-refractivity contribution >= 4 is 15.5 Å². The fourth-order valence-corrected chi connectivity index (χ4v) is 3.45. The van der Waals surface area contributed by atoms with Gasteiger partial charge in [0.15, 0.2) is 9.84 Å². The van der Waals surface area contributed by atoms with E-state index in [-0.39, 0.29) is 5.75 Å². The van der Waals surface area contributed by atoms with Gasteiger partial charge in [-0.05, 0) is 36.6 Å². The Morgan fingerprint density at radius 3 is 2.93 bits per heavy atom. The maximum atomic E-state index is 11.7. The molecular weight excluding hydrogens is 212 g/mol. The minimum atomic E-state index is -3.03. The monoisotopic (exact) mass is 226 g/mol. The average Bonchev–Trinajstić information content (AvgIpc) is 2.17. The molecule has 0 unspecified atom stereocenters. The van der Waals surface area contributed by atoms with Gasteiger partial charge in [0.05, 0.1) is 17.3 Å². The molecule has 1 aliphatic rings. The van der Waals surface area contributed by atoms with E-state index in [4.69, 9.17) is 5.73 Å². The SMILES string of the molecule is NCNc1ccc2c(c1)CCCS2(=O)=O. The van der Waals surface area contributed by atoms with Crippen LogP contribution in [0.5, 0.6) is 0 Å². The predicted octanol–water partition coefficient (Wildman–Crippen LogP) is 0.735. The average molecular weight is 226 g/mol. The lowest BCUT2D eigenvalue weighted by atomic mass is 10.1. The molecule has 0 saturated carbocycles. The summed E-state index contributed by atoms with van der Waals surface area (Å²) in [6, 6.07) is 5.30. The molecule has 0 radical (unpaired) electrons. The zero-order valence-electron chi connectivity index (χ0n) is 8.36. The second-order valence-electron chi connectivity index (χ2n) is 3.63. The highest BCUT2D eigenvalue weighted by Gasteiger charge is 2.23. The van der Waals surface area contributed by atoms with Crippen molar-refractivity contribution in [1.82, 2.24) is 0 Å². The van der Waals surface area contributed by atoms with Gasteiger partial charge in [-0.3, -0.25) is 0 Å². The van der Waals surface area contributed by atoms with Gasteiger partial charge in [-0.2, -0.15) is 0 Å². The topological polar surface area (TPSA) is 72.2 Å². The molecule has 0 aromatic heterocycles. The van der Waals surface area contributed by atoms with Crippen molar-refractivity contribution in [2.24, 2.45) is 5.73 Å². The molecule has 2 rings (SSSR count). The molecule has 4 nitrogen and oxygen atoms in total. The lowest BCUT2D eigenvalue weighted by molar-refractivity contribution is 0.586. The number of hydrogen-bond acceptors (Lipinski definition) is 4. The number of anilines is 1. The highest BCUT2D eigenvalue weighted by atomic mass is 32.2. The minimum absolute atomic E-state index is 0.268. The molecule has 0 aliphatic carbocycles. The molecule has 5 heteroatoms. The molecule has 1 heterocycles. The minimum Gasteiger partial charge on any atom is -0.373 e. The summed E-state index contributed by atoms with van der Waals surface area (Å²) in [5.41, 5.74) is 7.15. The molecule has 15 heavy (non-hydrogen) atoms. The second-order valence-corrected chi connectivity index (χ2v) is 5.70. The first-order valence-electron chi connectivity index (χ1n) is 4.93. The summed E-state index contributed by atoms with van der Waals surface area (Å²) in [5.74, 6) is 0.268. The second kappa shape index (κ2) is 3.83. The van der Waals surface area contributed by atoms with Crippen LogP contribution in [0.4, 0.5) is 5.69 Å². The van der Waals surface area contributed by atoms with Crippen LogP contribution in [-0.4, -0.2) is 20.8 Å². The Hall–Kier alpha value is -1.07. The zero-order valence-corrected chi connectivity index (χ0v) is 9.18. The van der Waals surface area contributed by atoms with E-state index in [1.807, 2.05) is 6.07 Å². The molecule has 0 atom stereocenters. The number of aryl methyl sites for hydroxylation is 1. The van der Waals surface area contributed by atoms with Gasteiger partial charge in [-0.15, -0.1) is 0 Å². The van der Waals surface area contributed by atoms with E-state index >= 15 is 0 Å². The van der Waals surface area contributed by atoms with Crippen molar-refractivity contribution in [3.05, 3.63) is 23.8 Å². The number of rotatable bonds is 2. The summed E-state index contributed by atoms with van der Waals surface area (Å²) in [4.78, 5) is 0.483. The zero-order chi connectivity index (χ0) is 10.9. The maximum Gasteiger partial charge on any atom is 0.178 e. The van der Waals surface area contributed by atoms with E-state index in [0.29, 0.717) is 18.0 Å². The molecule has 1 aliphatic heterocycles. The Kier molecular flexibility index (Phi) is 2.67. The Bertz CT molecular complexity index is 468. The highest BCUT2D eigenvalue weighted by Crippen LogP contribution is 2.27. The fourth-order valence-electron chi connectivity index (χ4n) is 1.87. The van der Waals surface area contributed by atoms with Gasteiger partial charge in [-0.1, -0.05) is 0 Å². The number of sulfone groups is 1. The molecule has 1 aromatic carbocycles. The van der Waals surface area contributed by atoms with Crippen LogP contribution >= 0.6 is 0 Å². The molecule has 82 valence electrons. The van der Waals surface area contributed by atoms with Crippen LogP contribution in [0.3, 0.4) is 0 Å². The van der Waals surface area contributed by atoms with Gasteiger partial charge >= 0.3 is 0 Å². The van der Waals surface area contributed by atoms with Gasteiger partial charge in [0.2, 0.25) is 0 Å². The van der Waals surface area contributed by atoms with Crippen molar-refractivity contribution in [1.29, 1.82) is 0 Å². The summed E-state index contributed by atoms with van der Waals surface area (Å²) < 4.78 is 23.4. The molecule has 0 saturated heterocycles. The predicted molar refractivity (Wildman–Crippen MR) is 59.5 cm³/mol. The third kappa shape index (κ3) is 1.98. The smallest absolute Gasteiger partial charge is 0.178 e. The van der Waals surface area contributed by atoms with Crippen LogP contribution in [0, 0.1) is 0 Å². The third-order valence-corrected chi connectivity index (χ3v) is 4.46. The molecule has 0 fully saturated rings. The number of benzene rings is 1. The number of nitrogens with one attached hydrogen (secondary N) is 1. The van der Waals surface area contributed by atoms with Crippen molar-refractivity contribution in [2.75, 3.05) is 17.7 Å². The summed E-state index contributed by atoms with van der Waals surface area (Å²) in [6.45, 7) is 0.353. The van der Waals surface area contributed by atoms with E-state index in [0.717, 1.165) is 17.7 Å². The van der Waals surface area contributed by atoms with E-state index in [9.17, 15) is 8.42 Å². The van der Waals surface area contributed by atoms with Crippen LogP contribution in [0.2, 0.25) is 0 Å². The Morgan fingerprint density at radius 1 is 1.40 bits per heavy atom. The Labute approximate surface area is 89.4 Å². The van der Waals surface area contributed by atoms with E-state index in [1.165, 1.54) is 0 Å². The van der Waals surface area contributed by atoms with Gasteiger partial charge in [0.1, 0.15) is 0 Å². The number of hydrogen-bond donors (Lipinski definition) is 2. The molecule has 0 bridgehead atoms. The van der Waals surface area contributed by atoms with Gasteiger partial charge in [-0.25, -0.2) is 8.42 Å². The quantitative estimate of drug-likeness (QED) is 0.729. The number of fused-ring (bicyclic) bond motifs is 1. The van der Waals surface area contributed by atoms with E-state index < -0.39 is 9.84 Å². The van der Waals surface area contributed by atoms with Crippen molar-refractivity contribution < 1.29 is 8.42 Å². The normalized spacial score (nSPS) is 18.2. The Morgan fingerprint density at radius 2 is 2.20 bits per heavy atom. The summed E-state index contributed by atoms with van der Waals surface area (Å²) in [5, 5.41) is 2.97. The van der Waals surface area contributed by atoms with Crippen LogP contribution < -0.4 is 11.1 Å². The Balaban J connectivity index is 2.45. The lowest BCUT2D eigenvalue weighted by Crippen LogP contribution is -2.17. The largest absolute Gasteiger partial charge is 0.373 e. The van der Waals surface area contributed by atoms with E-state index in [1.54, 1.807) is 12.1 Å². The first-order chi connectivity index (χ1) is 7.13. The molecule has 0 amide bonds. The molecule has 0 spiro atoms. The first-order valence-corrected chi connectivity index (χ1v) is 6.58. The molecular formula is C10H14N2O2S. The number of nitrogens with two attached hydrogens (primary N) is 1. The van der Waals surface area contributed by atoms with Gasteiger partial charge in [0.25, 0.3) is 0 Å². The van der Waals surface area contributed by atoms with Gasteiger partial charge < -0.3 is 11.1 Å². The maximum absolute atomic E-state index is 11.7. The van der Waals surface area contributed by atoms with Crippen molar-refractivity contribution in [3.8, 4) is 0 Å². The highest BCUT2D eigenvalue weighted by molar-refractivity contribution is 7.91. The van der Waals surface area contributed by atoms with Crippen molar-refractivity contribution in [2.45, 2.75) is 17.7 Å². The van der Waals surface area contributed by atoms with Crippen LogP contribution in [0.1, 0.15) is 12.0 Å². The summed E-state index contributed by atoms with van der Waals surface area (Å²) >= 11 is 0. The van der Waals surface area contributed by atoms with E-state index in [2.05, 4.69) is 5.32 Å². The van der Waals surface area contributed by atoms with Crippen LogP contribution in [0.25, 0.3) is 0 Å². The summed E-state index contributed by atoms with van der Waals surface area (Å²) in [6.07, 6.45) is 1.54. The molecule has 1 aromatic rings. The summed E-state index contributed by atoms with van der Waals surface area (Å²) in [7, 11) is -3.03. The lowest BCUT2D eigenvalue weighted by Gasteiger charge is -2.17. The fraction of sp³-hybridized carbons (Fsp3) is 0.400. The standard InChI is InChI=1S/C10H14N2O2S/c11-7-12-9-3-4-10-8(6-9)2-1-5-15(10,13)14/h3-4,6,12H,1-2,5,7,11H2. The van der Waals surface area contributed by atoms with Crippen LogP contribution in [-0.2, 0) is 16.3 Å². The molecule has 3 N–H and O–H groups in total. The van der Waals surface area contributed by atoms with Gasteiger partial charge in [0, 0.05) is 5.69 Å². The first kappa shape index (κ1) is 10.4.